The van der Waals surface area contributed by atoms with E-state index in [1.165, 1.54) is 12.8 Å². The third-order valence-corrected chi connectivity index (χ3v) is 2.96. The molecule has 0 spiro atoms. The van der Waals surface area contributed by atoms with Crippen LogP contribution < -0.4 is 14.8 Å². The van der Waals surface area contributed by atoms with Crippen molar-refractivity contribution in [1.29, 1.82) is 0 Å². The zero-order valence-corrected chi connectivity index (χ0v) is 12.5. The van der Waals surface area contributed by atoms with Gasteiger partial charge in [-0.3, -0.25) is 4.79 Å². The normalized spacial score (nSPS) is 10.1. The first-order valence-electron chi connectivity index (χ1n) is 7.29. The van der Waals surface area contributed by atoms with Gasteiger partial charge in [-0.15, -0.1) is 0 Å². The van der Waals surface area contributed by atoms with Crippen LogP contribution >= 0.6 is 0 Å². The molecule has 1 amide bonds. The monoisotopic (exact) mass is 279 g/mol. The van der Waals surface area contributed by atoms with Gasteiger partial charge < -0.3 is 14.8 Å². The van der Waals surface area contributed by atoms with Gasteiger partial charge in [-0.25, -0.2) is 0 Å². The van der Waals surface area contributed by atoms with Crippen molar-refractivity contribution in [2.45, 2.75) is 39.0 Å². The Morgan fingerprint density at radius 2 is 2.00 bits per heavy atom. The molecule has 0 aliphatic carbocycles. The van der Waals surface area contributed by atoms with Crippen LogP contribution in [-0.2, 0) is 4.79 Å². The molecule has 1 N–H and O–H groups in total. The zero-order valence-electron chi connectivity index (χ0n) is 12.5. The first-order chi connectivity index (χ1) is 9.76. The maximum absolute atomic E-state index is 11.5. The van der Waals surface area contributed by atoms with Crippen molar-refractivity contribution in [3.8, 4) is 11.5 Å². The predicted molar refractivity (Wildman–Crippen MR) is 80.3 cm³/mol. The molecule has 0 saturated heterocycles. The molecular weight excluding hydrogens is 254 g/mol. The standard InChI is InChI=1S/C16H25NO3/c1-3-4-5-11-17-16(18)10-7-12-20-15-9-6-8-14(13-15)19-2/h6,8-9,13H,3-5,7,10-12H2,1-2H3,(H,17,18). The molecule has 1 aromatic carbocycles. The largest absolute Gasteiger partial charge is 0.497 e. The summed E-state index contributed by atoms with van der Waals surface area (Å²) in [6, 6.07) is 7.48. The molecule has 0 unspecified atom stereocenters. The Morgan fingerprint density at radius 3 is 2.75 bits per heavy atom. The van der Waals surface area contributed by atoms with E-state index in [0.29, 0.717) is 13.0 Å². The molecule has 0 aromatic heterocycles. The Bertz CT molecular complexity index is 393. The van der Waals surface area contributed by atoms with Gasteiger partial charge in [0.2, 0.25) is 5.91 Å². The summed E-state index contributed by atoms with van der Waals surface area (Å²) >= 11 is 0. The van der Waals surface area contributed by atoms with Crippen LogP contribution in [-0.4, -0.2) is 26.2 Å². The first kappa shape index (κ1) is 16.3. The zero-order chi connectivity index (χ0) is 14.6. The second-order valence-corrected chi connectivity index (χ2v) is 4.69. The molecule has 0 aliphatic rings. The Kier molecular flexibility index (Phi) is 8.27. The number of carbonyl (C=O) groups excluding carboxylic acids is 1. The molecule has 20 heavy (non-hydrogen) atoms. The maximum Gasteiger partial charge on any atom is 0.220 e. The number of ether oxygens (including phenoxy) is 2. The molecule has 0 heterocycles. The van der Waals surface area contributed by atoms with Crippen LogP contribution in [0.15, 0.2) is 24.3 Å². The second-order valence-electron chi connectivity index (χ2n) is 4.69. The van der Waals surface area contributed by atoms with Crippen LogP contribution in [0.2, 0.25) is 0 Å². The van der Waals surface area contributed by atoms with Gasteiger partial charge in [0.05, 0.1) is 13.7 Å². The van der Waals surface area contributed by atoms with Gasteiger partial charge in [0, 0.05) is 19.0 Å². The fourth-order valence-electron chi connectivity index (χ4n) is 1.80. The molecule has 112 valence electrons. The van der Waals surface area contributed by atoms with Crippen molar-refractivity contribution >= 4 is 5.91 Å². The summed E-state index contributed by atoms with van der Waals surface area (Å²) in [5.41, 5.74) is 0. The number of carbonyl (C=O) groups is 1. The van der Waals surface area contributed by atoms with E-state index >= 15 is 0 Å². The Balaban J connectivity index is 2.10. The summed E-state index contributed by atoms with van der Waals surface area (Å²) in [7, 11) is 1.63. The quantitative estimate of drug-likeness (QED) is 0.669. The van der Waals surface area contributed by atoms with Crippen molar-refractivity contribution < 1.29 is 14.3 Å². The van der Waals surface area contributed by atoms with Crippen LogP contribution in [0.4, 0.5) is 0 Å². The van der Waals surface area contributed by atoms with Crippen molar-refractivity contribution in [2.75, 3.05) is 20.3 Å². The SMILES string of the molecule is CCCCCNC(=O)CCCOc1cccc(OC)c1. The van der Waals surface area contributed by atoms with E-state index in [9.17, 15) is 4.79 Å². The lowest BCUT2D eigenvalue weighted by Crippen LogP contribution is -2.24. The van der Waals surface area contributed by atoms with Gasteiger partial charge in [-0.1, -0.05) is 25.8 Å². The summed E-state index contributed by atoms with van der Waals surface area (Å²) in [5, 5.41) is 2.92. The lowest BCUT2D eigenvalue weighted by Gasteiger charge is -2.08. The lowest BCUT2D eigenvalue weighted by molar-refractivity contribution is -0.121. The van der Waals surface area contributed by atoms with E-state index in [1.807, 2.05) is 24.3 Å². The molecule has 0 bridgehead atoms. The average molecular weight is 279 g/mol. The highest BCUT2D eigenvalue weighted by atomic mass is 16.5. The van der Waals surface area contributed by atoms with Gasteiger partial charge in [0.25, 0.3) is 0 Å². The number of unbranched alkanes of at least 4 members (excludes halogenated alkanes) is 2. The molecule has 0 fully saturated rings. The highest BCUT2D eigenvalue weighted by molar-refractivity contribution is 5.75. The fraction of sp³-hybridized carbons (Fsp3) is 0.562. The van der Waals surface area contributed by atoms with E-state index in [1.54, 1.807) is 7.11 Å². The minimum atomic E-state index is 0.107. The molecule has 0 atom stereocenters. The topological polar surface area (TPSA) is 47.6 Å². The fourth-order valence-corrected chi connectivity index (χ4v) is 1.80. The minimum Gasteiger partial charge on any atom is -0.497 e. The van der Waals surface area contributed by atoms with Crippen LogP contribution in [0, 0.1) is 0 Å². The summed E-state index contributed by atoms with van der Waals surface area (Å²) in [4.78, 5) is 11.5. The van der Waals surface area contributed by atoms with Crippen molar-refractivity contribution in [3.63, 3.8) is 0 Å². The molecular formula is C16H25NO3. The molecule has 4 nitrogen and oxygen atoms in total. The highest BCUT2D eigenvalue weighted by Crippen LogP contribution is 2.18. The van der Waals surface area contributed by atoms with Gasteiger partial charge in [-0.2, -0.15) is 0 Å². The molecule has 0 saturated carbocycles. The van der Waals surface area contributed by atoms with Crippen LogP contribution in [0.3, 0.4) is 0 Å². The van der Waals surface area contributed by atoms with Crippen LogP contribution in [0.1, 0.15) is 39.0 Å². The number of rotatable bonds is 10. The maximum atomic E-state index is 11.5. The third kappa shape index (κ3) is 7.02. The minimum absolute atomic E-state index is 0.107. The van der Waals surface area contributed by atoms with Crippen molar-refractivity contribution in [3.05, 3.63) is 24.3 Å². The predicted octanol–water partition coefficient (Wildman–Crippen LogP) is 3.16. The Hall–Kier alpha value is -1.71. The summed E-state index contributed by atoms with van der Waals surface area (Å²) in [6.45, 7) is 3.47. The van der Waals surface area contributed by atoms with Gasteiger partial charge in [0.1, 0.15) is 11.5 Å². The van der Waals surface area contributed by atoms with E-state index in [-0.39, 0.29) is 5.91 Å². The molecule has 0 radical (unpaired) electrons. The number of nitrogens with one attached hydrogen (secondary N) is 1. The Labute approximate surface area is 121 Å². The Morgan fingerprint density at radius 1 is 1.20 bits per heavy atom. The number of hydrogen-bond donors (Lipinski definition) is 1. The van der Waals surface area contributed by atoms with Gasteiger partial charge >= 0.3 is 0 Å². The lowest BCUT2D eigenvalue weighted by atomic mass is 10.2. The van der Waals surface area contributed by atoms with Crippen molar-refractivity contribution in [1.82, 2.24) is 5.32 Å². The molecule has 4 heteroatoms. The third-order valence-electron chi connectivity index (χ3n) is 2.96. The van der Waals surface area contributed by atoms with Crippen LogP contribution in [0.5, 0.6) is 11.5 Å². The molecule has 1 aromatic rings. The molecule has 0 aliphatic heterocycles. The summed E-state index contributed by atoms with van der Waals surface area (Å²) in [6.07, 6.45) is 4.62. The smallest absolute Gasteiger partial charge is 0.220 e. The number of methoxy groups -OCH3 is 1. The van der Waals surface area contributed by atoms with E-state index < -0.39 is 0 Å². The van der Waals surface area contributed by atoms with Crippen LogP contribution in [0.25, 0.3) is 0 Å². The number of hydrogen-bond acceptors (Lipinski definition) is 3. The average Bonchev–Trinajstić information content (AvgIpc) is 2.48. The first-order valence-corrected chi connectivity index (χ1v) is 7.29. The van der Waals surface area contributed by atoms with E-state index in [0.717, 1.165) is 30.9 Å². The molecule has 1 rings (SSSR count). The number of benzene rings is 1. The van der Waals surface area contributed by atoms with E-state index in [2.05, 4.69) is 12.2 Å². The number of amides is 1. The second kappa shape index (κ2) is 10.1. The van der Waals surface area contributed by atoms with Crippen molar-refractivity contribution in [2.24, 2.45) is 0 Å². The highest BCUT2D eigenvalue weighted by Gasteiger charge is 2.01. The van der Waals surface area contributed by atoms with E-state index in [4.69, 9.17) is 9.47 Å². The van der Waals surface area contributed by atoms with Gasteiger partial charge in [-0.05, 0) is 25.0 Å². The summed E-state index contributed by atoms with van der Waals surface area (Å²) < 4.78 is 10.7. The summed E-state index contributed by atoms with van der Waals surface area (Å²) in [5.74, 6) is 1.65. The van der Waals surface area contributed by atoms with Gasteiger partial charge in [0.15, 0.2) is 0 Å².